The van der Waals surface area contributed by atoms with E-state index in [9.17, 15) is 4.79 Å². The molecule has 0 saturated carbocycles. The Bertz CT molecular complexity index is 1480. The van der Waals surface area contributed by atoms with E-state index in [1.165, 1.54) is 0 Å². The molecule has 5 rings (SSSR count). The van der Waals surface area contributed by atoms with Gasteiger partial charge in [-0.15, -0.1) is 0 Å². The molecule has 0 aliphatic carbocycles. The van der Waals surface area contributed by atoms with Crippen molar-refractivity contribution in [3.05, 3.63) is 106 Å². The largest absolute Gasteiger partial charge is 0.497 e. The molecule has 1 aromatic heterocycles. The van der Waals surface area contributed by atoms with Crippen LogP contribution in [0.2, 0.25) is 5.02 Å². The van der Waals surface area contributed by atoms with Crippen molar-refractivity contribution >= 4 is 33.3 Å². The fourth-order valence-corrected chi connectivity index (χ4v) is 3.95. The van der Waals surface area contributed by atoms with E-state index in [0.29, 0.717) is 33.1 Å². The molecular weight excluding hydrogens is 424 g/mol. The summed E-state index contributed by atoms with van der Waals surface area (Å²) in [6, 6.07) is 26.4. The highest BCUT2D eigenvalue weighted by atomic mass is 35.5. The second kappa shape index (κ2) is 8.40. The van der Waals surface area contributed by atoms with Gasteiger partial charge < -0.3 is 13.9 Å². The van der Waals surface area contributed by atoms with Crippen LogP contribution in [0, 0.1) is 0 Å². The summed E-state index contributed by atoms with van der Waals surface area (Å²) in [6.45, 7) is 0.224. The summed E-state index contributed by atoms with van der Waals surface area (Å²) in [5, 5.41) is 3.03. The number of hydrogen-bond acceptors (Lipinski definition) is 4. The second-order valence-corrected chi connectivity index (χ2v) is 7.82. The molecule has 0 N–H and O–H groups in total. The maximum atomic E-state index is 13.4. The van der Waals surface area contributed by atoms with Crippen LogP contribution in [0.5, 0.6) is 11.5 Å². The van der Waals surface area contributed by atoms with Crippen LogP contribution in [0.25, 0.3) is 33.1 Å². The van der Waals surface area contributed by atoms with Crippen LogP contribution in [0.1, 0.15) is 5.56 Å². The fourth-order valence-electron chi connectivity index (χ4n) is 3.78. The van der Waals surface area contributed by atoms with Gasteiger partial charge in [0, 0.05) is 10.6 Å². The molecule has 4 nitrogen and oxygen atoms in total. The molecule has 5 heteroatoms. The van der Waals surface area contributed by atoms with Gasteiger partial charge in [0.25, 0.3) is 0 Å². The molecule has 0 unspecified atom stereocenters. The molecule has 0 radical (unpaired) electrons. The van der Waals surface area contributed by atoms with Crippen LogP contribution >= 0.6 is 11.6 Å². The van der Waals surface area contributed by atoms with Crippen LogP contribution in [0.3, 0.4) is 0 Å². The first-order chi connectivity index (χ1) is 15.6. The first-order valence-electron chi connectivity index (χ1n) is 10.1. The quantitative estimate of drug-likeness (QED) is 0.298. The van der Waals surface area contributed by atoms with Crippen molar-refractivity contribution in [2.24, 2.45) is 0 Å². The van der Waals surface area contributed by atoms with Gasteiger partial charge in [-0.1, -0.05) is 54.1 Å². The number of rotatable bonds is 5. The monoisotopic (exact) mass is 442 g/mol. The normalized spacial score (nSPS) is 11.1. The van der Waals surface area contributed by atoms with E-state index in [1.807, 2.05) is 66.7 Å². The average Bonchev–Trinajstić information content (AvgIpc) is 2.84. The molecule has 158 valence electrons. The molecule has 4 aromatic carbocycles. The highest BCUT2D eigenvalue weighted by Gasteiger charge is 2.19. The number of benzene rings is 4. The van der Waals surface area contributed by atoms with E-state index in [-0.39, 0.29) is 17.8 Å². The van der Waals surface area contributed by atoms with Crippen LogP contribution in [-0.4, -0.2) is 7.11 Å². The fraction of sp³-hybridized carbons (Fsp3) is 0.0741. The Morgan fingerprint density at radius 3 is 2.47 bits per heavy atom. The van der Waals surface area contributed by atoms with E-state index < -0.39 is 0 Å². The topological polar surface area (TPSA) is 48.7 Å². The Kier molecular flexibility index (Phi) is 5.29. The third-order valence-corrected chi connectivity index (χ3v) is 5.65. The van der Waals surface area contributed by atoms with Crippen LogP contribution in [0.4, 0.5) is 0 Å². The van der Waals surface area contributed by atoms with Gasteiger partial charge in [-0.2, -0.15) is 0 Å². The third kappa shape index (κ3) is 3.70. The van der Waals surface area contributed by atoms with Gasteiger partial charge >= 0.3 is 0 Å². The minimum absolute atomic E-state index is 0.151. The van der Waals surface area contributed by atoms with Crippen molar-refractivity contribution in [3.63, 3.8) is 0 Å². The summed E-state index contributed by atoms with van der Waals surface area (Å²) in [5.41, 5.74) is 1.88. The lowest BCUT2D eigenvalue weighted by molar-refractivity contribution is 0.299. The van der Waals surface area contributed by atoms with Crippen molar-refractivity contribution in [2.45, 2.75) is 6.61 Å². The van der Waals surface area contributed by atoms with Crippen molar-refractivity contribution in [2.75, 3.05) is 7.11 Å². The predicted molar refractivity (Wildman–Crippen MR) is 128 cm³/mol. The summed E-state index contributed by atoms with van der Waals surface area (Å²) in [7, 11) is 1.60. The molecular formula is C27H19ClO4. The SMILES string of the molecule is COc1ccc(-c2oc3ccc(Cl)cc3c(=O)c2OCc2cccc3ccccc23)cc1. The van der Waals surface area contributed by atoms with Gasteiger partial charge in [0.05, 0.1) is 12.5 Å². The molecule has 0 bridgehead atoms. The molecule has 0 amide bonds. The van der Waals surface area contributed by atoms with E-state index in [0.717, 1.165) is 16.3 Å². The van der Waals surface area contributed by atoms with Gasteiger partial charge in [-0.3, -0.25) is 4.79 Å². The molecule has 0 spiro atoms. The number of hydrogen-bond donors (Lipinski definition) is 0. The minimum Gasteiger partial charge on any atom is -0.497 e. The van der Waals surface area contributed by atoms with Crippen LogP contribution in [-0.2, 0) is 6.61 Å². The van der Waals surface area contributed by atoms with Crippen LogP contribution < -0.4 is 14.9 Å². The molecule has 0 fully saturated rings. The zero-order valence-electron chi connectivity index (χ0n) is 17.3. The highest BCUT2D eigenvalue weighted by Crippen LogP contribution is 2.33. The lowest BCUT2D eigenvalue weighted by atomic mass is 10.1. The van der Waals surface area contributed by atoms with Gasteiger partial charge in [0.15, 0.2) is 5.76 Å². The zero-order chi connectivity index (χ0) is 22.1. The summed E-state index contributed by atoms with van der Waals surface area (Å²) < 4.78 is 17.5. The molecule has 5 aromatic rings. The Labute approximate surface area is 189 Å². The van der Waals surface area contributed by atoms with Crippen molar-refractivity contribution in [1.29, 1.82) is 0 Å². The second-order valence-electron chi connectivity index (χ2n) is 7.39. The molecule has 0 atom stereocenters. The summed E-state index contributed by atoms with van der Waals surface area (Å²) in [6.07, 6.45) is 0. The molecule has 32 heavy (non-hydrogen) atoms. The van der Waals surface area contributed by atoms with E-state index in [2.05, 4.69) is 0 Å². The molecule has 1 heterocycles. The van der Waals surface area contributed by atoms with Gasteiger partial charge in [-0.25, -0.2) is 0 Å². The van der Waals surface area contributed by atoms with E-state index in [4.69, 9.17) is 25.5 Å². The summed E-state index contributed by atoms with van der Waals surface area (Å²) in [4.78, 5) is 13.4. The van der Waals surface area contributed by atoms with Gasteiger partial charge in [0.1, 0.15) is 17.9 Å². The van der Waals surface area contributed by atoms with Gasteiger partial charge in [0.2, 0.25) is 11.2 Å². The first kappa shape index (κ1) is 20.2. The maximum Gasteiger partial charge on any atom is 0.235 e. The van der Waals surface area contributed by atoms with Crippen molar-refractivity contribution in [3.8, 4) is 22.8 Å². The van der Waals surface area contributed by atoms with Gasteiger partial charge in [-0.05, 0) is 58.8 Å². The lowest BCUT2D eigenvalue weighted by Gasteiger charge is -2.13. The van der Waals surface area contributed by atoms with Crippen LogP contribution in [0.15, 0.2) is 94.1 Å². The van der Waals surface area contributed by atoms with E-state index in [1.54, 1.807) is 25.3 Å². The number of fused-ring (bicyclic) bond motifs is 2. The zero-order valence-corrected chi connectivity index (χ0v) is 18.1. The first-order valence-corrected chi connectivity index (χ1v) is 10.5. The molecule has 0 aliphatic heterocycles. The number of ether oxygens (including phenoxy) is 2. The third-order valence-electron chi connectivity index (χ3n) is 5.41. The predicted octanol–water partition coefficient (Wildman–Crippen LogP) is 6.85. The molecule has 0 aliphatic rings. The number of halogens is 1. The van der Waals surface area contributed by atoms with E-state index >= 15 is 0 Å². The highest BCUT2D eigenvalue weighted by molar-refractivity contribution is 6.31. The minimum atomic E-state index is -0.264. The summed E-state index contributed by atoms with van der Waals surface area (Å²) in [5.74, 6) is 1.23. The number of methoxy groups -OCH3 is 1. The average molecular weight is 443 g/mol. The van der Waals surface area contributed by atoms with Crippen molar-refractivity contribution in [1.82, 2.24) is 0 Å². The maximum absolute atomic E-state index is 13.4. The Hall–Kier alpha value is -3.76. The Morgan fingerprint density at radius 2 is 1.66 bits per heavy atom. The van der Waals surface area contributed by atoms with Crippen molar-refractivity contribution < 1.29 is 13.9 Å². The molecule has 0 saturated heterocycles. The smallest absolute Gasteiger partial charge is 0.235 e. The summed E-state index contributed by atoms with van der Waals surface area (Å²) >= 11 is 6.14. The Morgan fingerprint density at radius 1 is 0.875 bits per heavy atom. The standard InChI is InChI=1S/C27H19ClO4/c1-30-21-12-9-18(10-13-21)26-27(25(29)23-15-20(28)11-14-24(23)32-26)31-16-19-7-4-6-17-5-2-3-8-22(17)19/h2-15H,16H2,1H3. The Balaban J connectivity index is 1.64. The lowest BCUT2D eigenvalue weighted by Crippen LogP contribution is -2.10.